The second kappa shape index (κ2) is 15.0. The molecule has 240 valence electrons. The molecule has 8 nitrogen and oxygen atoms in total. The first-order chi connectivity index (χ1) is 22.8. The lowest BCUT2D eigenvalue weighted by molar-refractivity contribution is 0.306. The van der Waals surface area contributed by atoms with Gasteiger partial charge in [-0.3, -0.25) is 0 Å². The molecular weight excluding hydrogens is 657 g/mol. The standard InChI is InChI=1S/C35H31ClFN5O3S2/c36-30-20-27(12-14-33(30)45-21-24-6-4-7-26(37)18-24)41-35-29-19-25(11-13-31(29)39-23-40-35)32-22-46-34(42-32)10-5-15-38-16-17-47(43,44)28-8-2-1-3-9-28/h1-4,6-9,11-14,18-20,22-23,38H,5,10,15-17,21H2,(H,39,40,41). The number of hydrogen-bond acceptors (Lipinski definition) is 9. The molecule has 0 atom stereocenters. The maximum absolute atomic E-state index is 13.5. The Hall–Kier alpha value is -4.42. The lowest BCUT2D eigenvalue weighted by atomic mass is 10.1. The van der Waals surface area contributed by atoms with Gasteiger partial charge in [-0.25, -0.2) is 27.8 Å². The molecule has 0 unspecified atom stereocenters. The topological polar surface area (TPSA) is 106 Å². The molecule has 0 aliphatic rings. The fourth-order valence-electron chi connectivity index (χ4n) is 4.94. The second-order valence-corrected chi connectivity index (χ2v) is 14.2. The molecule has 0 spiro atoms. The molecule has 0 bridgehead atoms. The SMILES string of the molecule is O=S(=O)(CCNCCCc1nc(-c2ccc3ncnc(Nc4ccc(OCc5cccc(F)c5)c(Cl)c4)c3c2)cs1)c1ccccc1. The van der Waals surface area contributed by atoms with Crippen LogP contribution in [0.3, 0.4) is 0 Å². The molecule has 2 heterocycles. The Morgan fingerprint density at radius 1 is 0.915 bits per heavy atom. The van der Waals surface area contributed by atoms with E-state index in [9.17, 15) is 12.8 Å². The summed E-state index contributed by atoms with van der Waals surface area (Å²) in [5, 5.41) is 10.9. The highest BCUT2D eigenvalue weighted by Crippen LogP contribution is 2.33. The summed E-state index contributed by atoms with van der Waals surface area (Å²) in [5.41, 5.74) is 4.03. The van der Waals surface area contributed by atoms with Crippen LogP contribution in [0.4, 0.5) is 15.9 Å². The van der Waals surface area contributed by atoms with Gasteiger partial charge in [0.05, 0.1) is 31.9 Å². The summed E-state index contributed by atoms with van der Waals surface area (Å²) in [6.45, 7) is 1.29. The summed E-state index contributed by atoms with van der Waals surface area (Å²) < 4.78 is 44.2. The van der Waals surface area contributed by atoms with Crippen molar-refractivity contribution in [3.63, 3.8) is 0 Å². The van der Waals surface area contributed by atoms with Crippen LogP contribution in [0.5, 0.6) is 5.75 Å². The predicted molar refractivity (Wildman–Crippen MR) is 186 cm³/mol. The van der Waals surface area contributed by atoms with E-state index in [-0.39, 0.29) is 18.2 Å². The van der Waals surface area contributed by atoms with Crippen LogP contribution >= 0.6 is 22.9 Å². The van der Waals surface area contributed by atoms with Gasteiger partial charge in [0.25, 0.3) is 0 Å². The highest BCUT2D eigenvalue weighted by Gasteiger charge is 2.14. The van der Waals surface area contributed by atoms with E-state index < -0.39 is 9.84 Å². The average Bonchev–Trinajstić information content (AvgIpc) is 3.55. The normalized spacial score (nSPS) is 11.5. The van der Waals surface area contributed by atoms with Crippen molar-refractivity contribution in [2.24, 2.45) is 0 Å². The number of hydrogen-bond donors (Lipinski definition) is 2. The van der Waals surface area contributed by atoms with Crippen molar-refractivity contribution in [2.45, 2.75) is 24.3 Å². The van der Waals surface area contributed by atoms with Crippen LogP contribution in [0.25, 0.3) is 22.2 Å². The fourth-order valence-corrected chi connectivity index (χ4v) is 7.24. The third-order valence-electron chi connectivity index (χ3n) is 7.35. The van der Waals surface area contributed by atoms with Crippen LogP contribution in [-0.4, -0.2) is 42.2 Å². The number of halogens is 2. The van der Waals surface area contributed by atoms with Gasteiger partial charge < -0.3 is 15.4 Å². The molecule has 2 aromatic heterocycles. The number of aromatic nitrogens is 3. The van der Waals surface area contributed by atoms with Crippen molar-refractivity contribution >= 4 is 55.2 Å². The van der Waals surface area contributed by atoms with Gasteiger partial charge in [0.15, 0.2) is 9.84 Å². The number of rotatable bonds is 14. The maximum atomic E-state index is 13.5. The molecule has 0 amide bonds. The van der Waals surface area contributed by atoms with Crippen LogP contribution in [-0.2, 0) is 22.9 Å². The van der Waals surface area contributed by atoms with Gasteiger partial charge in [0, 0.05) is 35.0 Å². The van der Waals surface area contributed by atoms with Gasteiger partial charge in [-0.2, -0.15) is 0 Å². The highest BCUT2D eigenvalue weighted by atomic mass is 35.5. The highest BCUT2D eigenvalue weighted by molar-refractivity contribution is 7.91. The molecule has 47 heavy (non-hydrogen) atoms. The lowest BCUT2D eigenvalue weighted by Gasteiger charge is -2.12. The van der Waals surface area contributed by atoms with E-state index in [1.165, 1.54) is 18.5 Å². The first kappa shape index (κ1) is 32.5. The van der Waals surface area contributed by atoms with Gasteiger partial charge >= 0.3 is 0 Å². The van der Waals surface area contributed by atoms with Crippen molar-refractivity contribution in [3.05, 3.63) is 124 Å². The minimum Gasteiger partial charge on any atom is -0.487 e. The van der Waals surface area contributed by atoms with E-state index in [2.05, 4.69) is 20.6 Å². The molecule has 6 aromatic rings. The van der Waals surface area contributed by atoms with Crippen LogP contribution in [0.15, 0.2) is 108 Å². The number of anilines is 2. The van der Waals surface area contributed by atoms with Crippen molar-refractivity contribution in [3.8, 4) is 17.0 Å². The second-order valence-electron chi connectivity index (χ2n) is 10.8. The Morgan fingerprint density at radius 3 is 2.62 bits per heavy atom. The molecule has 0 saturated carbocycles. The Balaban J connectivity index is 1.05. The number of nitrogens with zero attached hydrogens (tertiary/aromatic N) is 3. The van der Waals surface area contributed by atoms with Crippen LogP contribution in [0.1, 0.15) is 17.0 Å². The number of thiazole rings is 1. The van der Waals surface area contributed by atoms with Crippen LogP contribution in [0, 0.1) is 5.82 Å². The summed E-state index contributed by atoms with van der Waals surface area (Å²) in [7, 11) is -3.29. The van der Waals surface area contributed by atoms with Gasteiger partial charge in [-0.1, -0.05) is 48.0 Å². The molecule has 6 rings (SSSR count). The van der Waals surface area contributed by atoms with Gasteiger partial charge in [-0.05, 0) is 73.1 Å². The number of benzene rings is 4. The molecule has 0 radical (unpaired) electrons. The third kappa shape index (κ3) is 8.49. The average molecular weight is 688 g/mol. The van der Waals surface area contributed by atoms with E-state index >= 15 is 0 Å². The third-order valence-corrected chi connectivity index (χ3v) is 10.3. The molecule has 12 heteroatoms. The van der Waals surface area contributed by atoms with E-state index in [1.807, 2.05) is 29.6 Å². The van der Waals surface area contributed by atoms with E-state index in [0.717, 1.165) is 45.7 Å². The van der Waals surface area contributed by atoms with Gasteiger partial charge in [0.2, 0.25) is 0 Å². The zero-order valence-electron chi connectivity index (χ0n) is 25.2. The van der Waals surface area contributed by atoms with Gasteiger partial charge in [0.1, 0.15) is 30.3 Å². The molecular formula is C35H31ClFN5O3S2. The van der Waals surface area contributed by atoms with Crippen LogP contribution < -0.4 is 15.4 Å². The molecule has 0 fully saturated rings. The summed E-state index contributed by atoms with van der Waals surface area (Å²) in [4.78, 5) is 14.1. The summed E-state index contributed by atoms with van der Waals surface area (Å²) in [6, 6.07) is 26.1. The lowest BCUT2D eigenvalue weighted by Crippen LogP contribution is -2.24. The predicted octanol–water partition coefficient (Wildman–Crippen LogP) is 7.86. The van der Waals surface area contributed by atoms with E-state index in [0.29, 0.717) is 40.1 Å². The Morgan fingerprint density at radius 2 is 1.79 bits per heavy atom. The largest absolute Gasteiger partial charge is 0.487 e. The van der Waals surface area contributed by atoms with Crippen molar-refractivity contribution in [1.82, 2.24) is 20.3 Å². The number of ether oxygens (including phenoxy) is 1. The quantitative estimate of drug-likeness (QED) is 0.112. The van der Waals surface area contributed by atoms with Crippen molar-refractivity contribution < 1.29 is 17.5 Å². The molecule has 0 aliphatic heterocycles. The zero-order chi connectivity index (χ0) is 32.6. The molecule has 2 N–H and O–H groups in total. The summed E-state index contributed by atoms with van der Waals surface area (Å²) in [6.07, 6.45) is 3.14. The molecule has 4 aromatic carbocycles. The monoisotopic (exact) mass is 687 g/mol. The first-order valence-corrected chi connectivity index (χ1v) is 17.9. The summed E-state index contributed by atoms with van der Waals surface area (Å²) >= 11 is 8.12. The van der Waals surface area contributed by atoms with Crippen molar-refractivity contribution in [2.75, 3.05) is 24.2 Å². The van der Waals surface area contributed by atoms with E-state index in [1.54, 1.807) is 65.9 Å². The fraction of sp³-hybridized carbons (Fsp3) is 0.171. The Labute approximate surface area is 281 Å². The zero-order valence-corrected chi connectivity index (χ0v) is 27.6. The Bertz CT molecular complexity index is 2090. The molecule has 0 saturated heterocycles. The summed E-state index contributed by atoms with van der Waals surface area (Å²) in [5.74, 6) is 0.856. The van der Waals surface area contributed by atoms with E-state index in [4.69, 9.17) is 21.3 Å². The Kier molecular flexibility index (Phi) is 10.4. The maximum Gasteiger partial charge on any atom is 0.179 e. The van der Waals surface area contributed by atoms with Crippen molar-refractivity contribution in [1.29, 1.82) is 0 Å². The minimum absolute atomic E-state index is 0.0612. The number of sulfone groups is 1. The smallest absolute Gasteiger partial charge is 0.179 e. The number of aryl methyl sites for hydroxylation is 1. The van der Waals surface area contributed by atoms with Crippen LogP contribution in [0.2, 0.25) is 5.02 Å². The van der Waals surface area contributed by atoms with Gasteiger partial charge in [-0.15, -0.1) is 11.3 Å². The number of nitrogens with one attached hydrogen (secondary N) is 2. The molecule has 0 aliphatic carbocycles. The number of fused-ring (bicyclic) bond motifs is 1. The minimum atomic E-state index is -3.29. The first-order valence-electron chi connectivity index (χ1n) is 15.0.